The van der Waals surface area contributed by atoms with E-state index in [2.05, 4.69) is 37.1 Å². The van der Waals surface area contributed by atoms with Crippen LogP contribution in [-0.2, 0) is 0 Å². The van der Waals surface area contributed by atoms with Crippen LogP contribution in [0.2, 0.25) is 19.6 Å². The zero-order chi connectivity index (χ0) is 8.74. The molecule has 0 bridgehead atoms. The maximum absolute atomic E-state index is 5.52. The van der Waals surface area contributed by atoms with Crippen LogP contribution >= 0.6 is 11.6 Å². The first-order chi connectivity index (χ1) is 5.06. The molecular formula is C9H17ClSi. The minimum Gasteiger partial charge on any atom is -0.134 e. The van der Waals surface area contributed by atoms with Crippen molar-refractivity contribution in [3.05, 3.63) is 17.5 Å². The molecule has 0 aliphatic carbocycles. The van der Waals surface area contributed by atoms with Crippen LogP contribution in [0.15, 0.2) is 17.5 Å². The van der Waals surface area contributed by atoms with Gasteiger partial charge in [-0.1, -0.05) is 25.3 Å². The number of hydrogen-bond acceptors (Lipinski definition) is 0. The summed E-state index contributed by atoms with van der Waals surface area (Å²) in [6, 6.07) is 0. The van der Waals surface area contributed by atoms with E-state index in [-0.39, 0.29) is 0 Å². The normalized spacial score (nSPS) is 10.5. The molecule has 0 saturated carbocycles. The van der Waals surface area contributed by atoms with Crippen LogP contribution in [-0.4, -0.2) is 14.0 Å². The van der Waals surface area contributed by atoms with Gasteiger partial charge in [-0.05, 0) is 18.9 Å². The van der Waals surface area contributed by atoms with Crippen molar-refractivity contribution >= 4 is 19.7 Å². The fourth-order valence-corrected chi connectivity index (χ4v) is 1.34. The van der Waals surface area contributed by atoms with Crippen molar-refractivity contribution in [1.82, 2.24) is 0 Å². The quantitative estimate of drug-likeness (QED) is 0.274. The molecule has 11 heavy (non-hydrogen) atoms. The molecule has 0 radical (unpaired) electrons. The van der Waals surface area contributed by atoms with Gasteiger partial charge in [0.2, 0.25) is 0 Å². The molecule has 0 aliphatic heterocycles. The van der Waals surface area contributed by atoms with Crippen LogP contribution in [0.4, 0.5) is 0 Å². The molecular weight excluding hydrogens is 172 g/mol. The van der Waals surface area contributed by atoms with Gasteiger partial charge < -0.3 is 0 Å². The Morgan fingerprint density at radius 3 is 2.45 bits per heavy atom. The maximum Gasteiger partial charge on any atom is 0.0781 e. The topological polar surface area (TPSA) is 0 Å². The second-order valence-corrected chi connectivity index (χ2v) is 9.11. The lowest BCUT2D eigenvalue weighted by Crippen LogP contribution is -2.14. The minimum absolute atomic E-state index is 0.755. The second-order valence-electron chi connectivity index (χ2n) is 3.71. The van der Waals surface area contributed by atoms with E-state index in [9.17, 15) is 0 Å². The van der Waals surface area contributed by atoms with Crippen molar-refractivity contribution < 1.29 is 0 Å². The summed E-state index contributed by atoms with van der Waals surface area (Å²) in [4.78, 5) is 0. The fourth-order valence-electron chi connectivity index (χ4n) is 0.571. The molecule has 0 aromatic heterocycles. The molecule has 0 nitrogen and oxygen atoms in total. The number of unbranched alkanes of at least 4 members (excludes halogenated alkanes) is 1. The highest BCUT2D eigenvalue weighted by molar-refractivity contribution is 6.80. The number of rotatable bonds is 4. The van der Waals surface area contributed by atoms with Crippen molar-refractivity contribution in [2.45, 2.75) is 32.5 Å². The summed E-state index contributed by atoms with van der Waals surface area (Å²) in [5.41, 5.74) is 5.44. The Morgan fingerprint density at radius 1 is 1.36 bits per heavy atom. The van der Waals surface area contributed by atoms with Gasteiger partial charge in [-0.2, -0.15) is 0 Å². The average molecular weight is 189 g/mol. The van der Waals surface area contributed by atoms with Gasteiger partial charge in [0, 0.05) is 5.88 Å². The SMILES string of the molecule is C[Si](C)(C)C=C=CCCCCl. The van der Waals surface area contributed by atoms with Crippen LogP contribution in [0.3, 0.4) is 0 Å². The third-order valence-electron chi connectivity index (χ3n) is 1.12. The van der Waals surface area contributed by atoms with Crippen LogP contribution in [0.1, 0.15) is 12.8 Å². The molecule has 0 spiro atoms. The smallest absolute Gasteiger partial charge is 0.0781 e. The maximum atomic E-state index is 5.52. The fraction of sp³-hybridized carbons (Fsp3) is 0.667. The highest BCUT2D eigenvalue weighted by Crippen LogP contribution is 2.00. The summed E-state index contributed by atoms with van der Waals surface area (Å²) in [5, 5.41) is 0. The predicted octanol–water partition coefficient (Wildman–Crippen LogP) is 3.59. The van der Waals surface area contributed by atoms with Crippen molar-refractivity contribution in [3.8, 4) is 0 Å². The molecule has 0 atom stereocenters. The molecule has 0 heterocycles. The third-order valence-corrected chi connectivity index (χ3v) is 2.42. The van der Waals surface area contributed by atoms with Crippen LogP contribution < -0.4 is 0 Å². The summed E-state index contributed by atoms with van der Waals surface area (Å²) < 4.78 is 0. The van der Waals surface area contributed by atoms with E-state index >= 15 is 0 Å². The Bertz CT molecular complexity index is 149. The third kappa shape index (κ3) is 10.0. The lowest BCUT2D eigenvalue weighted by atomic mass is 10.3. The molecule has 2 heteroatoms. The van der Waals surface area contributed by atoms with Crippen molar-refractivity contribution in [1.29, 1.82) is 0 Å². The van der Waals surface area contributed by atoms with E-state index in [1.54, 1.807) is 0 Å². The lowest BCUT2D eigenvalue weighted by molar-refractivity contribution is 0.968. The van der Waals surface area contributed by atoms with E-state index in [4.69, 9.17) is 11.6 Å². The molecule has 0 aromatic carbocycles. The number of allylic oxidation sites excluding steroid dienone is 1. The lowest BCUT2D eigenvalue weighted by Gasteiger charge is -2.04. The zero-order valence-corrected chi connectivity index (χ0v) is 9.41. The van der Waals surface area contributed by atoms with E-state index in [1.165, 1.54) is 0 Å². The summed E-state index contributed by atoms with van der Waals surface area (Å²) >= 11 is 5.52. The molecule has 0 saturated heterocycles. The molecule has 0 rings (SSSR count). The van der Waals surface area contributed by atoms with Gasteiger partial charge in [-0.15, -0.1) is 17.3 Å². The van der Waals surface area contributed by atoms with Gasteiger partial charge in [0.05, 0.1) is 8.07 Å². The van der Waals surface area contributed by atoms with Gasteiger partial charge >= 0.3 is 0 Å². The van der Waals surface area contributed by atoms with Gasteiger partial charge in [0.25, 0.3) is 0 Å². The Morgan fingerprint density at radius 2 is 2.00 bits per heavy atom. The molecule has 0 aliphatic rings. The molecule has 0 aromatic rings. The van der Waals surface area contributed by atoms with E-state index in [0.717, 1.165) is 18.7 Å². The predicted molar refractivity (Wildman–Crippen MR) is 56.0 cm³/mol. The number of halogens is 1. The first-order valence-corrected chi connectivity index (χ1v) is 8.15. The van der Waals surface area contributed by atoms with E-state index in [0.29, 0.717) is 0 Å². The van der Waals surface area contributed by atoms with Crippen LogP contribution in [0.25, 0.3) is 0 Å². The van der Waals surface area contributed by atoms with Crippen molar-refractivity contribution in [3.63, 3.8) is 0 Å². The van der Waals surface area contributed by atoms with Gasteiger partial charge in [0.1, 0.15) is 0 Å². The van der Waals surface area contributed by atoms with E-state index < -0.39 is 8.07 Å². The van der Waals surface area contributed by atoms with E-state index in [1.807, 2.05) is 0 Å². The molecule has 0 unspecified atom stereocenters. The number of alkyl halides is 1. The number of hydrogen-bond donors (Lipinski definition) is 0. The highest BCUT2D eigenvalue weighted by Gasteiger charge is 2.05. The summed E-state index contributed by atoms with van der Waals surface area (Å²) in [7, 11) is -1.02. The van der Waals surface area contributed by atoms with Gasteiger partial charge in [-0.25, -0.2) is 0 Å². The first-order valence-electron chi connectivity index (χ1n) is 4.04. The highest BCUT2D eigenvalue weighted by atomic mass is 35.5. The standard InChI is InChI=1S/C9H17ClSi/c1-11(2,3)9-7-5-4-6-8-10/h5,9H,4,6,8H2,1-3H3. The summed E-state index contributed by atoms with van der Waals surface area (Å²) in [5.74, 6) is 0.755. The average Bonchev–Trinajstić information content (AvgIpc) is 1.85. The Balaban J connectivity index is 3.64. The zero-order valence-electron chi connectivity index (χ0n) is 7.65. The second kappa shape index (κ2) is 5.65. The van der Waals surface area contributed by atoms with Crippen LogP contribution in [0, 0.1) is 0 Å². The summed E-state index contributed by atoms with van der Waals surface area (Å²) in [6.45, 7) is 6.90. The first kappa shape index (κ1) is 11.0. The largest absolute Gasteiger partial charge is 0.134 e. The minimum atomic E-state index is -1.02. The molecule has 64 valence electrons. The van der Waals surface area contributed by atoms with Crippen LogP contribution in [0.5, 0.6) is 0 Å². The molecule has 0 amide bonds. The van der Waals surface area contributed by atoms with Crippen molar-refractivity contribution in [2.24, 2.45) is 0 Å². The molecule has 0 N–H and O–H groups in total. The molecule has 0 fully saturated rings. The Kier molecular flexibility index (Phi) is 5.66. The summed E-state index contributed by atoms with van der Waals surface area (Å²) in [6.07, 6.45) is 4.21. The Hall–Kier alpha value is 0.0269. The van der Waals surface area contributed by atoms with Gasteiger partial charge in [-0.3, -0.25) is 0 Å². The van der Waals surface area contributed by atoms with Crippen molar-refractivity contribution in [2.75, 3.05) is 5.88 Å². The Labute approximate surface area is 76.0 Å². The monoisotopic (exact) mass is 188 g/mol. The van der Waals surface area contributed by atoms with Gasteiger partial charge in [0.15, 0.2) is 0 Å².